The van der Waals surface area contributed by atoms with Gasteiger partial charge in [-0.05, 0) is 19.1 Å². The van der Waals surface area contributed by atoms with Crippen LogP contribution in [-0.2, 0) is 9.59 Å². The number of benzene rings is 1. The van der Waals surface area contributed by atoms with E-state index >= 15 is 0 Å². The van der Waals surface area contributed by atoms with Crippen molar-refractivity contribution >= 4 is 11.8 Å². The summed E-state index contributed by atoms with van der Waals surface area (Å²) in [4.78, 5) is 22.9. The minimum Gasteiger partial charge on any atom is -0.478 e. The summed E-state index contributed by atoms with van der Waals surface area (Å²) in [6.07, 6.45) is -0.927. The molecular weight excluding hydrogens is 251 g/mol. The van der Waals surface area contributed by atoms with Crippen LogP contribution in [0.15, 0.2) is 24.3 Å². The maximum absolute atomic E-state index is 13.3. The largest absolute Gasteiger partial charge is 0.478 e. The van der Waals surface area contributed by atoms with Gasteiger partial charge in [-0.1, -0.05) is 26.0 Å². The van der Waals surface area contributed by atoms with Crippen molar-refractivity contribution in [3.05, 3.63) is 30.1 Å². The summed E-state index contributed by atoms with van der Waals surface area (Å²) in [6, 6.07) is 5.78. The van der Waals surface area contributed by atoms with E-state index in [1.54, 1.807) is 19.9 Å². The minimum atomic E-state index is -0.927. The lowest BCUT2D eigenvalue weighted by atomic mass is 10.2. The van der Waals surface area contributed by atoms with E-state index in [1.165, 1.54) is 25.1 Å². The summed E-state index contributed by atoms with van der Waals surface area (Å²) in [5.74, 6) is -1.68. The molecule has 2 amide bonds. The van der Waals surface area contributed by atoms with Crippen LogP contribution in [0.4, 0.5) is 4.39 Å². The van der Waals surface area contributed by atoms with Crippen LogP contribution >= 0.6 is 0 Å². The summed E-state index contributed by atoms with van der Waals surface area (Å²) in [7, 11) is 0. The number of hydrogen-bond acceptors (Lipinski definition) is 3. The second-order valence-corrected chi connectivity index (χ2v) is 4.32. The molecule has 104 valence electrons. The third-order valence-corrected chi connectivity index (χ3v) is 2.34. The number of carbonyl (C=O) groups is 2. The van der Waals surface area contributed by atoms with Crippen molar-refractivity contribution in [3.63, 3.8) is 0 Å². The molecule has 0 aliphatic heterocycles. The molecule has 1 unspecified atom stereocenters. The van der Waals surface area contributed by atoms with Gasteiger partial charge in [-0.3, -0.25) is 20.4 Å². The Morgan fingerprint density at radius 1 is 1.11 bits per heavy atom. The minimum absolute atomic E-state index is 0.0136. The fourth-order valence-electron chi connectivity index (χ4n) is 1.15. The maximum Gasteiger partial charge on any atom is 0.279 e. The Morgan fingerprint density at radius 3 is 2.26 bits per heavy atom. The first kappa shape index (κ1) is 14.9. The second-order valence-electron chi connectivity index (χ2n) is 4.32. The number of hydrogen-bond donors (Lipinski definition) is 2. The quantitative estimate of drug-likeness (QED) is 0.811. The number of ether oxygens (including phenoxy) is 1. The Kier molecular flexibility index (Phi) is 5.29. The standard InChI is InChI=1S/C13H17FN2O3/c1-8(2)12(17)15-16-13(18)9(3)19-11-7-5-4-6-10(11)14/h4-9H,1-3H3,(H,15,17)(H,16,18). The van der Waals surface area contributed by atoms with Crippen LogP contribution < -0.4 is 15.6 Å². The van der Waals surface area contributed by atoms with E-state index in [4.69, 9.17) is 4.74 Å². The number of halogens is 1. The summed E-state index contributed by atoms with van der Waals surface area (Å²) in [5.41, 5.74) is 4.47. The predicted octanol–water partition coefficient (Wildman–Crippen LogP) is 1.40. The van der Waals surface area contributed by atoms with Gasteiger partial charge in [-0.15, -0.1) is 0 Å². The van der Waals surface area contributed by atoms with Crippen molar-refractivity contribution in [1.82, 2.24) is 10.9 Å². The zero-order chi connectivity index (χ0) is 14.4. The molecule has 0 spiro atoms. The first-order chi connectivity index (χ1) is 8.91. The van der Waals surface area contributed by atoms with E-state index in [2.05, 4.69) is 10.9 Å². The van der Waals surface area contributed by atoms with E-state index in [0.29, 0.717) is 0 Å². The molecule has 0 saturated carbocycles. The number of nitrogens with one attached hydrogen (secondary N) is 2. The highest BCUT2D eigenvalue weighted by Crippen LogP contribution is 2.16. The van der Waals surface area contributed by atoms with E-state index in [-0.39, 0.29) is 17.6 Å². The Balaban J connectivity index is 2.50. The number of rotatable bonds is 4. The monoisotopic (exact) mass is 268 g/mol. The van der Waals surface area contributed by atoms with Gasteiger partial charge in [-0.25, -0.2) is 4.39 Å². The number of hydrazine groups is 1. The fraction of sp³-hybridized carbons (Fsp3) is 0.385. The molecule has 1 rings (SSSR count). The first-order valence-corrected chi connectivity index (χ1v) is 5.92. The van der Waals surface area contributed by atoms with Crippen molar-refractivity contribution in [2.75, 3.05) is 0 Å². The zero-order valence-corrected chi connectivity index (χ0v) is 11.1. The Bertz CT molecular complexity index is 463. The summed E-state index contributed by atoms with van der Waals surface area (Å²) < 4.78 is 18.5. The molecule has 0 fully saturated rings. The van der Waals surface area contributed by atoms with Gasteiger partial charge in [-0.2, -0.15) is 0 Å². The predicted molar refractivity (Wildman–Crippen MR) is 67.6 cm³/mol. The van der Waals surface area contributed by atoms with Crippen molar-refractivity contribution in [2.45, 2.75) is 26.9 Å². The molecular formula is C13H17FN2O3. The Morgan fingerprint density at radius 2 is 1.68 bits per heavy atom. The van der Waals surface area contributed by atoms with E-state index in [1.807, 2.05) is 0 Å². The van der Waals surface area contributed by atoms with Crippen LogP contribution in [0.1, 0.15) is 20.8 Å². The van der Waals surface area contributed by atoms with Crippen LogP contribution in [0.3, 0.4) is 0 Å². The van der Waals surface area contributed by atoms with Crippen molar-refractivity contribution in [3.8, 4) is 5.75 Å². The maximum atomic E-state index is 13.3. The molecule has 6 heteroatoms. The Hall–Kier alpha value is -2.11. The molecule has 0 saturated heterocycles. The number of para-hydroxylation sites is 1. The number of carbonyl (C=O) groups excluding carboxylic acids is 2. The molecule has 0 radical (unpaired) electrons. The fourth-order valence-corrected chi connectivity index (χ4v) is 1.15. The van der Waals surface area contributed by atoms with Gasteiger partial charge in [0.05, 0.1) is 0 Å². The smallest absolute Gasteiger partial charge is 0.279 e. The van der Waals surface area contributed by atoms with Crippen LogP contribution in [0.5, 0.6) is 5.75 Å². The van der Waals surface area contributed by atoms with Gasteiger partial charge in [0.15, 0.2) is 17.7 Å². The lowest BCUT2D eigenvalue weighted by Gasteiger charge is -2.16. The average molecular weight is 268 g/mol. The van der Waals surface area contributed by atoms with Crippen molar-refractivity contribution in [2.24, 2.45) is 5.92 Å². The first-order valence-electron chi connectivity index (χ1n) is 5.92. The highest BCUT2D eigenvalue weighted by molar-refractivity contribution is 5.85. The van der Waals surface area contributed by atoms with Gasteiger partial charge < -0.3 is 4.74 Å². The van der Waals surface area contributed by atoms with E-state index in [0.717, 1.165) is 0 Å². The molecule has 0 aromatic heterocycles. The third kappa shape index (κ3) is 4.57. The molecule has 0 aliphatic rings. The summed E-state index contributed by atoms with van der Waals surface area (Å²) >= 11 is 0. The lowest BCUT2D eigenvalue weighted by molar-refractivity contribution is -0.133. The molecule has 5 nitrogen and oxygen atoms in total. The van der Waals surface area contributed by atoms with E-state index in [9.17, 15) is 14.0 Å². The van der Waals surface area contributed by atoms with Crippen LogP contribution in [0, 0.1) is 11.7 Å². The molecule has 1 aromatic carbocycles. The van der Waals surface area contributed by atoms with Crippen LogP contribution in [0.2, 0.25) is 0 Å². The van der Waals surface area contributed by atoms with Crippen molar-refractivity contribution in [1.29, 1.82) is 0 Å². The topological polar surface area (TPSA) is 67.4 Å². The summed E-state index contributed by atoms with van der Waals surface area (Å²) in [5, 5.41) is 0. The molecule has 2 N–H and O–H groups in total. The van der Waals surface area contributed by atoms with Gasteiger partial charge >= 0.3 is 0 Å². The molecule has 1 atom stereocenters. The third-order valence-electron chi connectivity index (χ3n) is 2.34. The number of amides is 2. The lowest BCUT2D eigenvalue weighted by Crippen LogP contribution is -2.48. The highest BCUT2D eigenvalue weighted by Gasteiger charge is 2.17. The second kappa shape index (κ2) is 6.72. The van der Waals surface area contributed by atoms with Crippen molar-refractivity contribution < 1.29 is 18.7 Å². The SMILES string of the molecule is CC(C)C(=O)NNC(=O)C(C)Oc1ccccc1F. The Labute approximate surface area is 111 Å². The molecule has 0 aliphatic carbocycles. The van der Waals surface area contributed by atoms with Gasteiger partial charge in [0, 0.05) is 5.92 Å². The van der Waals surface area contributed by atoms with Gasteiger partial charge in [0.1, 0.15) is 0 Å². The average Bonchev–Trinajstić information content (AvgIpc) is 2.37. The molecule has 19 heavy (non-hydrogen) atoms. The van der Waals surface area contributed by atoms with Gasteiger partial charge in [0.2, 0.25) is 5.91 Å². The molecule has 1 aromatic rings. The summed E-state index contributed by atoms with van der Waals surface area (Å²) in [6.45, 7) is 4.85. The molecule has 0 heterocycles. The highest BCUT2D eigenvalue weighted by atomic mass is 19.1. The van der Waals surface area contributed by atoms with Gasteiger partial charge in [0.25, 0.3) is 5.91 Å². The normalized spacial score (nSPS) is 11.8. The van der Waals surface area contributed by atoms with E-state index < -0.39 is 17.8 Å². The molecule has 0 bridgehead atoms. The van der Waals surface area contributed by atoms with Crippen LogP contribution in [0.25, 0.3) is 0 Å². The van der Waals surface area contributed by atoms with Crippen LogP contribution in [-0.4, -0.2) is 17.9 Å². The zero-order valence-electron chi connectivity index (χ0n) is 11.1.